The molecule has 0 unspecified atom stereocenters. The van der Waals surface area contributed by atoms with Crippen LogP contribution in [0.4, 0.5) is 5.69 Å². The molecule has 0 saturated carbocycles. The predicted molar refractivity (Wildman–Crippen MR) is 73.2 cm³/mol. The average Bonchev–Trinajstić information content (AvgIpc) is 2.76. The molecule has 0 spiro atoms. The summed E-state index contributed by atoms with van der Waals surface area (Å²) in [5, 5.41) is 2.78. The van der Waals surface area contributed by atoms with Crippen LogP contribution in [0.2, 0.25) is 0 Å². The number of rotatable bonds is 3. The molecule has 0 fully saturated rings. The Morgan fingerprint density at radius 1 is 1.39 bits per heavy atom. The first kappa shape index (κ1) is 12.7. The highest BCUT2D eigenvalue weighted by atomic mass is 79.9. The Bertz CT molecular complexity index is 578. The van der Waals surface area contributed by atoms with E-state index in [1.807, 2.05) is 19.1 Å². The van der Waals surface area contributed by atoms with E-state index in [1.54, 1.807) is 18.2 Å². The Kier molecular flexibility index (Phi) is 3.72. The fraction of sp³-hybridized carbons (Fsp3) is 0.154. The number of amides is 1. The van der Waals surface area contributed by atoms with E-state index < -0.39 is 0 Å². The molecule has 1 aromatic heterocycles. The van der Waals surface area contributed by atoms with Crippen molar-refractivity contribution in [1.82, 2.24) is 5.32 Å². The van der Waals surface area contributed by atoms with Crippen LogP contribution < -0.4 is 11.1 Å². The largest absolute Gasteiger partial charge is 0.465 e. The molecule has 18 heavy (non-hydrogen) atoms. The minimum atomic E-state index is -0.191. The van der Waals surface area contributed by atoms with Crippen LogP contribution in [0.3, 0.4) is 0 Å². The monoisotopic (exact) mass is 308 g/mol. The number of halogens is 1. The van der Waals surface area contributed by atoms with Gasteiger partial charge in [0.2, 0.25) is 0 Å². The van der Waals surface area contributed by atoms with Gasteiger partial charge in [-0.2, -0.15) is 0 Å². The highest BCUT2D eigenvalue weighted by molar-refractivity contribution is 9.10. The van der Waals surface area contributed by atoms with Gasteiger partial charge in [0, 0.05) is 5.69 Å². The van der Waals surface area contributed by atoms with Gasteiger partial charge < -0.3 is 15.5 Å². The van der Waals surface area contributed by atoms with E-state index in [1.165, 1.54) is 0 Å². The summed E-state index contributed by atoms with van der Waals surface area (Å²) in [4.78, 5) is 12.0. The molecule has 1 amide bonds. The highest BCUT2D eigenvalue weighted by Gasteiger charge is 2.11. The molecule has 2 rings (SSSR count). The number of furan rings is 1. The maximum atomic E-state index is 12.0. The summed E-state index contributed by atoms with van der Waals surface area (Å²) in [5.41, 5.74) is 6.77. The van der Waals surface area contributed by atoms with Crippen molar-refractivity contribution in [2.75, 3.05) is 5.73 Å². The third kappa shape index (κ3) is 2.73. The second-order valence-corrected chi connectivity index (χ2v) is 4.70. The van der Waals surface area contributed by atoms with Crippen LogP contribution in [-0.4, -0.2) is 5.91 Å². The van der Waals surface area contributed by atoms with Gasteiger partial charge in [0.15, 0.2) is 0 Å². The summed E-state index contributed by atoms with van der Waals surface area (Å²) in [6.45, 7) is 2.22. The number of hydrogen-bond acceptors (Lipinski definition) is 3. The predicted octanol–water partition coefficient (Wildman–Crippen LogP) is 2.86. The van der Waals surface area contributed by atoms with Crippen LogP contribution in [0.5, 0.6) is 0 Å². The topological polar surface area (TPSA) is 68.3 Å². The van der Waals surface area contributed by atoms with Crippen molar-refractivity contribution < 1.29 is 9.21 Å². The zero-order chi connectivity index (χ0) is 13.1. The molecule has 0 atom stereocenters. The summed E-state index contributed by atoms with van der Waals surface area (Å²) in [5.74, 6) is 1.36. The van der Waals surface area contributed by atoms with Gasteiger partial charge in [0.05, 0.1) is 16.6 Å². The SMILES string of the molecule is Cc1ccc(CNC(=O)c2cccc(N)c2Br)o1. The second kappa shape index (κ2) is 5.27. The normalized spacial score (nSPS) is 10.3. The van der Waals surface area contributed by atoms with Crippen molar-refractivity contribution in [3.05, 3.63) is 51.9 Å². The first-order valence-electron chi connectivity index (χ1n) is 5.45. The molecule has 1 aromatic carbocycles. The van der Waals surface area contributed by atoms with Gasteiger partial charge in [-0.25, -0.2) is 0 Å². The highest BCUT2D eigenvalue weighted by Crippen LogP contribution is 2.23. The molecule has 0 bridgehead atoms. The Labute approximate surface area is 113 Å². The molecule has 0 aliphatic carbocycles. The lowest BCUT2D eigenvalue weighted by Gasteiger charge is -2.07. The van der Waals surface area contributed by atoms with Gasteiger partial charge in [0.1, 0.15) is 11.5 Å². The molecule has 0 aliphatic heterocycles. The fourth-order valence-electron chi connectivity index (χ4n) is 1.57. The van der Waals surface area contributed by atoms with Gasteiger partial charge in [0.25, 0.3) is 5.91 Å². The average molecular weight is 309 g/mol. The zero-order valence-electron chi connectivity index (χ0n) is 9.87. The van der Waals surface area contributed by atoms with E-state index in [0.717, 1.165) is 11.5 Å². The molecule has 0 aliphatic rings. The number of benzene rings is 1. The molecule has 1 heterocycles. The molecule has 2 aromatic rings. The Hall–Kier alpha value is -1.75. The fourth-order valence-corrected chi connectivity index (χ4v) is 2.01. The number of nitrogens with two attached hydrogens (primary N) is 1. The number of nitrogen functional groups attached to an aromatic ring is 1. The number of carbonyl (C=O) groups is 1. The van der Waals surface area contributed by atoms with E-state index in [4.69, 9.17) is 10.2 Å². The minimum absolute atomic E-state index is 0.191. The third-order valence-corrected chi connectivity index (χ3v) is 3.38. The number of nitrogens with one attached hydrogen (secondary N) is 1. The molecule has 5 heteroatoms. The van der Waals surface area contributed by atoms with E-state index >= 15 is 0 Å². The number of anilines is 1. The Morgan fingerprint density at radius 3 is 2.83 bits per heavy atom. The molecular formula is C13H13BrN2O2. The smallest absolute Gasteiger partial charge is 0.252 e. The van der Waals surface area contributed by atoms with Crippen LogP contribution in [0, 0.1) is 6.92 Å². The lowest BCUT2D eigenvalue weighted by molar-refractivity contribution is 0.0947. The standard InChI is InChI=1S/C13H13BrN2O2/c1-8-5-6-9(18-8)7-16-13(17)10-3-2-4-11(15)12(10)14/h2-6H,7,15H2,1H3,(H,16,17). The third-order valence-electron chi connectivity index (χ3n) is 2.49. The number of carbonyl (C=O) groups excluding carboxylic acids is 1. The lowest BCUT2D eigenvalue weighted by Crippen LogP contribution is -2.23. The van der Waals surface area contributed by atoms with Crippen LogP contribution in [0.25, 0.3) is 0 Å². The first-order valence-corrected chi connectivity index (χ1v) is 6.24. The van der Waals surface area contributed by atoms with Gasteiger partial charge in [-0.1, -0.05) is 6.07 Å². The second-order valence-electron chi connectivity index (χ2n) is 3.90. The molecule has 0 radical (unpaired) electrons. The van der Waals surface area contributed by atoms with Crippen LogP contribution in [-0.2, 0) is 6.54 Å². The summed E-state index contributed by atoms with van der Waals surface area (Å²) < 4.78 is 5.98. The van der Waals surface area contributed by atoms with Crippen molar-refractivity contribution in [3.63, 3.8) is 0 Å². The van der Waals surface area contributed by atoms with Crippen molar-refractivity contribution in [3.8, 4) is 0 Å². The maximum absolute atomic E-state index is 12.0. The van der Waals surface area contributed by atoms with Crippen LogP contribution >= 0.6 is 15.9 Å². The van der Waals surface area contributed by atoms with Gasteiger partial charge >= 0.3 is 0 Å². The molecule has 3 N–H and O–H groups in total. The van der Waals surface area contributed by atoms with E-state index in [0.29, 0.717) is 22.3 Å². The van der Waals surface area contributed by atoms with Crippen LogP contribution in [0.15, 0.2) is 39.2 Å². The summed E-state index contributed by atoms with van der Waals surface area (Å²) in [7, 11) is 0. The summed E-state index contributed by atoms with van der Waals surface area (Å²) >= 11 is 3.30. The van der Waals surface area contributed by atoms with Crippen molar-refractivity contribution >= 4 is 27.5 Å². The van der Waals surface area contributed by atoms with Crippen molar-refractivity contribution in [1.29, 1.82) is 0 Å². The quantitative estimate of drug-likeness (QED) is 0.857. The molecule has 4 nitrogen and oxygen atoms in total. The molecule has 0 saturated heterocycles. The first-order chi connectivity index (χ1) is 8.58. The zero-order valence-corrected chi connectivity index (χ0v) is 11.5. The number of hydrogen-bond donors (Lipinski definition) is 2. The van der Waals surface area contributed by atoms with Crippen molar-refractivity contribution in [2.45, 2.75) is 13.5 Å². The van der Waals surface area contributed by atoms with E-state index in [2.05, 4.69) is 21.2 Å². The summed E-state index contributed by atoms with van der Waals surface area (Å²) in [6.07, 6.45) is 0. The minimum Gasteiger partial charge on any atom is -0.465 e. The maximum Gasteiger partial charge on any atom is 0.252 e. The van der Waals surface area contributed by atoms with Crippen LogP contribution in [0.1, 0.15) is 21.9 Å². The van der Waals surface area contributed by atoms with E-state index in [-0.39, 0.29) is 5.91 Å². The summed E-state index contributed by atoms with van der Waals surface area (Å²) in [6, 6.07) is 8.88. The lowest BCUT2D eigenvalue weighted by atomic mass is 10.2. The Balaban J connectivity index is 2.06. The molecule has 94 valence electrons. The molecular weight excluding hydrogens is 296 g/mol. The van der Waals surface area contributed by atoms with Crippen molar-refractivity contribution in [2.24, 2.45) is 0 Å². The van der Waals surface area contributed by atoms with Gasteiger partial charge in [-0.05, 0) is 47.1 Å². The van der Waals surface area contributed by atoms with E-state index in [9.17, 15) is 4.79 Å². The van der Waals surface area contributed by atoms with Gasteiger partial charge in [-0.3, -0.25) is 4.79 Å². The van der Waals surface area contributed by atoms with Gasteiger partial charge in [-0.15, -0.1) is 0 Å². The Morgan fingerprint density at radius 2 is 2.17 bits per heavy atom. The number of aryl methyl sites for hydroxylation is 1.